The first kappa shape index (κ1) is 21.4. The summed E-state index contributed by atoms with van der Waals surface area (Å²) in [7, 11) is 0. The lowest BCUT2D eigenvalue weighted by molar-refractivity contribution is 0.101. The van der Waals surface area contributed by atoms with E-state index in [1.165, 1.54) is 0 Å². The van der Waals surface area contributed by atoms with Crippen LogP contribution in [0.5, 0.6) is 0 Å². The van der Waals surface area contributed by atoms with E-state index >= 15 is 0 Å². The SMILES string of the molecule is CCNC1CCN(c2ccc(C(=O)Nc3cn4cc(C)nc(C)c4n3)n3nc(C)cc23)CC1. The van der Waals surface area contributed by atoms with E-state index in [4.69, 9.17) is 0 Å². The van der Waals surface area contributed by atoms with Crippen LogP contribution in [-0.2, 0) is 0 Å². The van der Waals surface area contributed by atoms with Crippen molar-refractivity contribution in [2.75, 3.05) is 29.9 Å². The van der Waals surface area contributed by atoms with Crippen LogP contribution >= 0.6 is 0 Å². The standard InChI is InChI=1S/C24H30N8O/c1-5-25-18-8-10-30(11-9-18)19-6-7-20(32-21(19)12-15(2)29-32)24(33)28-22-14-31-13-16(3)26-17(4)23(31)27-22/h6-7,12-14,18,25H,5,8-11H2,1-4H3,(H,28,33). The van der Waals surface area contributed by atoms with E-state index in [0.717, 1.165) is 66.4 Å². The van der Waals surface area contributed by atoms with Gasteiger partial charge in [0.1, 0.15) is 5.69 Å². The highest BCUT2D eigenvalue weighted by Crippen LogP contribution is 2.27. The van der Waals surface area contributed by atoms with E-state index in [9.17, 15) is 4.79 Å². The van der Waals surface area contributed by atoms with Gasteiger partial charge in [0.15, 0.2) is 11.5 Å². The number of carbonyl (C=O) groups is 1. The minimum Gasteiger partial charge on any atom is -0.370 e. The number of hydrogen-bond donors (Lipinski definition) is 2. The first-order valence-electron chi connectivity index (χ1n) is 11.5. The van der Waals surface area contributed by atoms with Crippen molar-refractivity contribution in [3.8, 4) is 0 Å². The average Bonchev–Trinajstić information content (AvgIpc) is 3.36. The molecular weight excluding hydrogens is 416 g/mol. The van der Waals surface area contributed by atoms with Crippen molar-refractivity contribution >= 4 is 28.6 Å². The van der Waals surface area contributed by atoms with Gasteiger partial charge in [0.2, 0.25) is 0 Å². The van der Waals surface area contributed by atoms with Crippen molar-refractivity contribution in [3.05, 3.63) is 53.4 Å². The summed E-state index contributed by atoms with van der Waals surface area (Å²) in [6, 6.07) is 6.52. The lowest BCUT2D eigenvalue weighted by Gasteiger charge is -2.34. The van der Waals surface area contributed by atoms with Crippen LogP contribution in [0.2, 0.25) is 0 Å². The van der Waals surface area contributed by atoms with Crippen molar-refractivity contribution < 1.29 is 4.79 Å². The molecule has 0 bridgehead atoms. The average molecular weight is 447 g/mol. The number of anilines is 2. The van der Waals surface area contributed by atoms with E-state index in [-0.39, 0.29) is 5.91 Å². The molecule has 1 fully saturated rings. The van der Waals surface area contributed by atoms with Gasteiger partial charge < -0.3 is 19.9 Å². The summed E-state index contributed by atoms with van der Waals surface area (Å²) in [6.45, 7) is 10.9. The summed E-state index contributed by atoms with van der Waals surface area (Å²) in [6.07, 6.45) is 5.92. The molecule has 0 radical (unpaired) electrons. The maximum absolute atomic E-state index is 13.2. The highest BCUT2D eigenvalue weighted by Gasteiger charge is 2.23. The number of carbonyl (C=O) groups excluding carboxylic acids is 1. The second kappa shape index (κ2) is 8.47. The smallest absolute Gasteiger partial charge is 0.275 e. The Hall–Kier alpha value is -3.46. The predicted octanol–water partition coefficient (Wildman–Crippen LogP) is 3.13. The molecule has 0 spiro atoms. The van der Waals surface area contributed by atoms with Crippen LogP contribution < -0.4 is 15.5 Å². The van der Waals surface area contributed by atoms with E-state index in [2.05, 4.69) is 37.5 Å². The minimum absolute atomic E-state index is 0.244. The third-order valence-corrected chi connectivity index (χ3v) is 6.25. The Morgan fingerprint density at radius 2 is 1.88 bits per heavy atom. The zero-order chi connectivity index (χ0) is 23.1. The van der Waals surface area contributed by atoms with E-state index in [0.29, 0.717) is 17.6 Å². The van der Waals surface area contributed by atoms with Gasteiger partial charge in [0, 0.05) is 25.3 Å². The van der Waals surface area contributed by atoms with Gasteiger partial charge in [-0.05, 0) is 58.4 Å². The van der Waals surface area contributed by atoms with Crippen molar-refractivity contribution in [1.29, 1.82) is 0 Å². The minimum atomic E-state index is -0.244. The molecule has 5 heterocycles. The summed E-state index contributed by atoms with van der Waals surface area (Å²) in [5.74, 6) is 0.244. The molecule has 1 aliphatic heterocycles. The largest absolute Gasteiger partial charge is 0.370 e. The zero-order valence-corrected chi connectivity index (χ0v) is 19.6. The Balaban J connectivity index is 1.43. The molecular formula is C24H30N8O. The zero-order valence-electron chi connectivity index (χ0n) is 19.6. The molecule has 0 saturated carbocycles. The lowest BCUT2D eigenvalue weighted by Crippen LogP contribution is -2.42. The normalized spacial score (nSPS) is 15.0. The van der Waals surface area contributed by atoms with E-state index in [1.54, 1.807) is 4.52 Å². The maximum Gasteiger partial charge on any atom is 0.275 e. The summed E-state index contributed by atoms with van der Waals surface area (Å²) in [4.78, 5) is 24.6. The monoisotopic (exact) mass is 446 g/mol. The molecule has 1 saturated heterocycles. The van der Waals surface area contributed by atoms with Gasteiger partial charge >= 0.3 is 0 Å². The Morgan fingerprint density at radius 3 is 2.64 bits per heavy atom. The van der Waals surface area contributed by atoms with Crippen LogP contribution in [0.3, 0.4) is 0 Å². The number of rotatable bonds is 5. The molecule has 1 amide bonds. The van der Waals surface area contributed by atoms with Crippen molar-refractivity contribution in [2.45, 2.75) is 46.6 Å². The number of aromatic nitrogens is 5. The molecule has 0 aromatic carbocycles. The van der Waals surface area contributed by atoms with Gasteiger partial charge in [-0.25, -0.2) is 9.50 Å². The Bertz CT molecular complexity index is 1330. The summed E-state index contributed by atoms with van der Waals surface area (Å²) in [5.41, 5.74) is 5.88. The molecule has 0 unspecified atom stereocenters. The molecule has 4 aromatic rings. The Labute approximate surface area is 192 Å². The van der Waals surface area contributed by atoms with Gasteiger partial charge in [-0.2, -0.15) is 5.10 Å². The molecule has 0 aliphatic carbocycles. The number of nitrogens with one attached hydrogen (secondary N) is 2. The molecule has 9 nitrogen and oxygen atoms in total. The van der Waals surface area contributed by atoms with Crippen LogP contribution in [0.25, 0.3) is 11.2 Å². The Morgan fingerprint density at radius 1 is 1.09 bits per heavy atom. The first-order chi connectivity index (χ1) is 15.9. The van der Waals surface area contributed by atoms with Gasteiger partial charge in [-0.15, -0.1) is 0 Å². The third kappa shape index (κ3) is 4.04. The highest BCUT2D eigenvalue weighted by atomic mass is 16.2. The van der Waals surface area contributed by atoms with E-state index < -0.39 is 0 Å². The van der Waals surface area contributed by atoms with Crippen molar-refractivity contribution in [2.24, 2.45) is 0 Å². The fraction of sp³-hybridized carbons (Fsp3) is 0.417. The molecule has 33 heavy (non-hydrogen) atoms. The number of nitrogens with zero attached hydrogens (tertiary/aromatic N) is 6. The number of imidazole rings is 1. The predicted molar refractivity (Wildman–Crippen MR) is 129 cm³/mol. The second-order valence-corrected chi connectivity index (χ2v) is 8.78. The lowest BCUT2D eigenvalue weighted by atomic mass is 10.0. The number of pyridine rings is 1. The fourth-order valence-electron chi connectivity index (χ4n) is 4.78. The van der Waals surface area contributed by atoms with Crippen LogP contribution in [0.15, 0.2) is 30.6 Å². The fourth-order valence-corrected chi connectivity index (χ4v) is 4.78. The van der Waals surface area contributed by atoms with Gasteiger partial charge in [0.25, 0.3) is 5.91 Å². The highest BCUT2D eigenvalue weighted by molar-refractivity contribution is 6.03. The van der Waals surface area contributed by atoms with Crippen LogP contribution in [0.4, 0.5) is 11.5 Å². The van der Waals surface area contributed by atoms with E-state index in [1.807, 2.05) is 55.8 Å². The quantitative estimate of drug-likeness (QED) is 0.489. The van der Waals surface area contributed by atoms with Gasteiger partial charge in [-0.1, -0.05) is 6.92 Å². The van der Waals surface area contributed by atoms with Crippen LogP contribution in [-0.4, -0.2) is 55.6 Å². The number of hydrogen-bond acceptors (Lipinski definition) is 6. The second-order valence-electron chi connectivity index (χ2n) is 8.78. The number of fused-ring (bicyclic) bond motifs is 2. The first-order valence-corrected chi connectivity index (χ1v) is 11.5. The number of amides is 1. The summed E-state index contributed by atoms with van der Waals surface area (Å²) in [5, 5.41) is 11.1. The van der Waals surface area contributed by atoms with Gasteiger partial charge in [-0.3, -0.25) is 9.78 Å². The number of aryl methyl sites for hydroxylation is 3. The maximum atomic E-state index is 13.2. The van der Waals surface area contributed by atoms with Gasteiger partial charge in [0.05, 0.1) is 34.5 Å². The molecule has 2 N–H and O–H groups in total. The molecule has 9 heteroatoms. The van der Waals surface area contributed by atoms with Crippen molar-refractivity contribution in [1.82, 2.24) is 29.3 Å². The Kier molecular flexibility index (Phi) is 5.49. The summed E-state index contributed by atoms with van der Waals surface area (Å²) >= 11 is 0. The molecule has 5 rings (SSSR count). The van der Waals surface area contributed by atoms with Crippen LogP contribution in [0, 0.1) is 20.8 Å². The number of piperidine rings is 1. The molecule has 172 valence electrons. The molecule has 4 aromatic heterocycles. The summed E-state index contributed by atoms with van der Waals surface area (Å²) < 4.78 is 3.64. The topological polar surface area (TPSA) is 91.9 Å². The van der Waals surface area contributed by atoms with Crippen LogP contribution in [0.1, 0.15) is 47.3 Å². The van der Waals surface area contributed by atoms with Crippen molar-refractivity contribution in [3.63, 3.8) is 0 Å². The third-order valence-electron chi connectivity index (χ3n) is 6.25. The molecule has 0 atom stereocenters. The molecule has 1 aliphatic rings.